The van der Waals surface area contributed by atoms with Gasteiger partial charge in [0, 0.05) is 4.57 Å². The van der Waals surface area contributed by atoms with Crippen LogP contribution in [0.25, 0.3) is 0 Å². The number of nitrogens with zero attached hydrogens (tertiary/aromatic N) is 2. The Kier molecular flexibility index (Phi) is 3.22. The predicted molar refractivity (Wildman–Crippen MR) is 21.0 cm³/mol. The first-order valence-corrected chi connectivity index (χ1v) is 2.50. The number of hydrogen-bond donors (Lipinski definition) is 0. The first kappa shape index (κ1) is 6.68. The maximum Gasteiger partial charge on any atom is 0.827 e. The van der Waals surface area contributed by atoms with Crippen molar-refractivity contribution in [1.29, 1.82) is 10.5 Å². The summed E-state index contributed by atoms with van der Waals surface area (Å²) in [6.45, 7) is 0. The molecule has 0 radical (unpaired) electrons. The van der Waals surface area contributed by atoms with Crippen molar-refractivity contribution in [2.45, 2.75) is 0 Å². The second-order valence-electron chi connectivity index (χ2n) is 0.589. The van der Waals surface area contributed by atoms with Gasteiger partial charge < -0.3 is 0 Å². The normalized spacial score (nSPS) is 5.75. The van der Waals surface area contributed by atoms with Crippen molar-refractivity contribution in [3.05, 3.63) is 0 Å². The van der Waals surface area contributed by atoms with Crippen molar-refractivity contribution in [1.82, 2.24) is 0 Å². The fourth-order valence-corrected chi connectivity index (χ4v) is 0.256. The van der Waals surface area contributed by atoms with Gasteiger partial charge in [0.15, 0.2) is 0 Å². The average molecular weight is 131 g/mol. The van der Waals surface area contributed by atoms with Crippen LogP contribution in [0.15, 0.2) is 0 Å². The number of nitriles is 2. The zero-order chi connectivity index (χ0) is 6.41. The summed E-state index contributed by atoms with van der Waals surface area (Å²) in [6, 6.07) is 0. The van der Waals surface area contributed by atoms with Gasteiger partial charge in [-0.25, -0.2) is 0 Å². The van der Waals surface area contributed by atoms with E-state index in [2.05, 4.69) is 9.05 Å². The van der Waals surface area contributed by atoms with Crippen LogP contribution in [0.1, 0.15) is 0 Å². The fourth-order valence-electron chi connectivity index (χ4n) is 0.0853. The molecule has 0 bridgehead atoms. The molecular formula is C2N2O3P+. The van der Waals surface area contributed by atoms with E-state index in [-0.39, 0.29) is 0 Å². The van der Waals surface area contributed by atoms with Gasteiger partial charge in [-0.3, -0.25) is 0 Å². The van der Waals surface area contributed by atoms with E-state index in [4.69, 9.17) is 10.5 Å². The summed E-state index contributed by atoms with van der Waals surface area (Å²) in [5.41, 5.74) is 0. The molecular weight excluding hydrogens is 131 g/mol. The van der Waals surface area contributed by atoms with Crippen LogP contribution < -0.4 is 0 Å². The minimum atomic E-state index is -2.55. The van der Waals surface area contributed by atoms with E-state index < -0.39 is 8.25 Å². The van der Waals surface area contributed by atoms with E-state index in [1.807, 2.05) is 0 Å². The quantitative estimate of drug-likeness (QED) is 0.405. The molecule has 0 aliphatic heterocycles. The average Bonchev–Trinajstić information content (AvgIpc) is 1.68. The lowest BCUT2D eigenvalue weighted by Gasteiger charge is -1.63. The smallest absolute Gasteiger partial charge is 0.145 e. The molecule has 5 nitrogen and oxygen atoms in total. The van der Waals surface area contributed by atoms with Gasteiger partial charge >= 0.3 is 20.8 Å². The zero-order valence-electron chi connectivity index (χ0n) is 3.57. The molecule has 0 spiro atoms. The lowest BCUT2D eigenvalue weighted by molar-refractivity contribution is 0.376. The molecule has 40 valence electrons. The van der Waals surface area contributed by atoms with Gasteiger partial charge in [0.1, 0.15) is 0 Å². The van der Waals surface area contributed by atoms with E-state index in [0.717, 1.165) is 12.5 Å². The van der Waals surface area contributed by atoms with Gasteiger partial charge in [0.05, 0.1) is 0 Å². The molecule has 0 saturated heterocycles. The van der Waals surface area contributed by atoms with Crippen molar-refractivity contribution in [3.8, 4) is 12.5 Å². The molecule has 0 N–H and O–H groups in total. The molecule has 0 unspecified atom stereocenters. The summed E-state index contributed by atoms with van der Waals surface area (Å²) in [5.74, 6) is 0. The summed E-state index contributed by atoms with van der Waals surface area (Å²) >= 11 is 0. The van der Waals surface area contributed by atoms with E-state index in [0.29, 0.717) is 0 Å². The van der Waals surface area contributed by atoms with Crippen molar-refractivity contribution in [2.24, 2.45) is 0 Å². The Morgan fingerprint density at radius 3 is 1.88 bits per heavy atom. The van der Waals surface area contributed by atoms with Crippen LogP contribution in [-0.4, -0.2) is 0 Å². The highest BCUT2D eigenvalue weighted by atomic mass is 31.1. The maximum atomic E-state index is 9.90. The summed E-state index contributed by atoms with van der Waals surface area (Å²) in [4.78, 5) is 0. The largest absolute Gasteiger partial charge is 0.827 e. The monoisotopic (exact) mass is 131 g/mol. The Morgan fingerprint density at radius 1 is 1.25 bits per heavy atom. The molecule has 0 amide bonds. The highest BCUT2D eigenvalue weighted by molar-refractivity contribution is 7.33. The molecule has 8 heavy (non-hydrogen) atoms. The predicted octanol–water partition coefficient (Wildman–Crippen LogP) is 0.639. The van der Waals surface area contributed by atoms with Crippen LogP contribution in [-0.2, 0) is 13.6 Å². The minimum Gasteiger partial charge on any atom is -0.145 e. The Labute approximate surface area is 46.0 Å². The SMILES string of the molecule is N#CO[P+](=O)OC#N. The Balaban J connectivity index is 3.41. The van der Waals surface area contributed by atoms with Crippen molar-refractivity contribution < 1.29 is 13.6 Å². The van der Waals surface area contributed by atoms with Crippen LogP contribution in [0.4, 0.5) is 0 Å². The summed E-state index contributed by atoms with van der Waals surface area (Å²) in [7, 11) is -2.55. The second-order valence-corrected chi connectivity index (χ2v) is 1.40. The Morgan fingerprint density at radius 2 is 1.62 bits per heavy atom. The van der Waals surface area contributed by atoms with Gasteiger partial charge in [0.2, 0.25) is 0 Å². The van der Waals surface area contributed by atoms with Gasteiger partial charge in [-0.15, -0.1) is 19.6 Å². The Bertz CT molecular complexity index is 147. The summed E-state index contributed by atoms with van der Waals surface area (Å²) in [6.07, 6.45) is 2.18. The Hall–Kier alpha value is -1.32. The molecule has 0 atom stereocenters. The third-order valence-electron chi connectivity index (χ3n) is 0.231. The van der Waals surface area contributed by atoms with Crippen molar-refractivity contribution >= 4 is 8.25 Å². The lowest BCUT2D eigenvalue weighted by Crippen LogP contribution is -1.66. The van der Waals surface area contributed by atoms with Crippen molar-refractivity contribution in [2.75, 3.05) is 0 Å². The third-order valence-corrected chi connectivity index (χ3v) is 0.692. The van der Waals surface area contributed by atoms with Crippen LogP contribution >= 0.6 is 8.25 Å². The zero-order valence-corrected chi connectivity index (χ0v) is 4.46. The molecule has 0 fully saturated rings. The molecule has 0 aliphatic carbocycles. The molecule has 0 aromatic rings. The van der Waals surface area contributed by atoms with E-state index in [9.17, 15) is 4.57 Å². The fraction of sp³-hybridized carbons (Fsp3) is 0. The highest BCUT2D eigenvalue weighted by Gasteiger charge is 2.20. The number of rotatable bonds is 2. The minimum absolute atomic E-state index is 1.09. The topological polar surface area (TPSA) is 83.1 Å². The second kappa shape index (κ2) is 3.86. The maximum absolute atomic E-state index is 9.90. The standard InChI is InChI=1S/C2N2O3P/c3-1-6-8(5)7-2-4/q+1. The first-order chi connectivity index (χ1) is 3.81. The summed E-state index contributed by atoms with van der Waals surface area (Å²) < 4.78 is 17.2. The van der Waals surface area contributed by atoms with Crippen LogP contribution in [0.3, 0.4) is 0 Å². The lowest BCUT2D eigenvalue weighted by atomic mass is 11.6. The summed E-state index contributed by atoms with van der Waals surface area (Å²) in [5, 5.41) is 15.2. The number of hydrogen-bond acceptors (Lipinski definition) is 5. The third kappa shape index (κ3) is 2.89. The van der Waals surface area contributed by atoms with Crippen LogP contribution in [0.5, 0.6) is 0 Å². The first-order valence-electron chi connectivity index (χ1n) is 1.40. The molecule has 0 saturated carbocycles. The van der Waals surface area contributed by atoms with Gasteiger partial charge in [-0.2, -0.15) is 0 Å². The molecule has 0 aromatic carbocycles. The molecule has 0 aromatic heterocycles. The van der Waals surface area contributed by atoms with Gasteiger partial charge in [0.25, 0.3) is 0 Å². The molecule has 0 aliphatic rings. The molecule has 6 heteroatoms. The van der Waals surface area contributed by atoms with E-state index in [1.54, 1.807) is 0 Å². The highest BCUT2D eigenvalue weighted by Crippen LogP contribution is 2.20. The van der Waals surface area contributed by atoms with Crippen LogP contribution in [0, 0.1) is 23.0 Å². The van der Waals surface area contributed by atoms with Crippen molar-refractivity contribution in [3.63, 3.8) is 0 Å². The van der Waals surface area contributed by atoms with E-state index in [1.165, 1.54) is 0 Å². The van der Waals surface area contributed by atoms with E-state index >= 15 is 0 Å². The van der Waals surface area contributed by atoms with Crippen LogP contribution in [0.2, 0.25) is 0 Å². The van der Waals surface area contributed by atoms with Gasteiger partial charge in [-0.05, 0) is 0 Å². The molecule has 0 rings (SSSR count). The van der Waals surface area contributed by atoms with Gasteiger partial charge in [-0.1, -0.05) is 0 Å². The molecule has 0 heterocycles.